The topological polar surface area (TPSA) is 56.7 Å². The fourth-order valence-electron chi connectivity index (χ4n) is 1.86. The summed E-state index contributed by atoms with van der Waals surface area (Å²) in [7, 11) is 0. The second-order valence-corrected chi connectivity index (χ2v) is 4.66. The molecule has 2 N–H and O–H groups in total. The summed E-state index contributed by atoms with van der Waals surface area (Å²) >= 11 is 0. The van der Waals surface area contributed by atoms with Gasteiger partial charge in [0, 0.05) is 12.1 Å². The van der Waals surface area contributed by atoms with E-state index in [0.717, 1.165) is 23.8 Å². The third kappa shape index (κ3) is 2.56. The van der Waals surface area contributed by atoms with Crippen LogP contribution in [0.4, 0.5) is 4.39 Å². The Morgan fingerprint density at radius 1 is 1.22 bits per heavy atom. The molecule has 1 aromatic carbocycles. The van der Waals surface area contributed by atoms with Crippen molar-refractivity contribution in [3.05, 3.63) is 35.9 Å². The Kier molecular flexibility index (Phi) is 3.72. The highest BCUT2D eigenvalue weighted by Gasteiger charge is 2.13. The van der Waals surface area contributed by atoms with Crippen molar-refractivity contribution in [3.63, 3.8) is 0 Å². The fourth-order valence-corrected chi connectivity index (χ4v) is 1.86. The van der Waals surface area contributed by atoms with Crippen LogP contribution in [0.2, 0.25) is 0 Å². The van der Waals surface area contributed by atoms with Gasteiger partial charge in [0.15, 0.2) is 5.82 Å². The number of halogens is 1. The number of hydrogen-bond acceptors (Lipinski definition) is 3. The van der Waals surface area contributed by atoms with Crippen LogP contribution in [0.1, 0.15) is 19.7 Å². The van der Waals surface area contributed by atoms with E-state index in [4.69, 9.17) is 5.73 Å². The molecule has 96 valence electrons. The van der Waals surface area contributed by atoms with Crippen LogP contribution in [0.5, 0.6) is 0 Å². The van der Waals surface area contributed by atoms with Crippen molar-refractivity contribution in [2.45, 2.75) is 26.9 Å². The van der Waals surface area contributed by atoms with Crippen LogP contribution in [0.3, 0.4) is 0 Å². The molecule has 0 bridgehead atoms. The molecule has 0 unspecified atom stereocenters. The molecule has 2 aromatic rings. The SMILES string of the molecule is CC(C)Cn1c(CN)nnc1-c1ccc(F)cc1. The molecule has 0 aliphatic carbocycles. The Balaban J connectivity index is 2.43. The molecule has 0 fully saturated rings. The van der Waals surface area contributed by atoms with Crippen LogP contribution in [-0.2, 0) is 13.1 Å². The maximum atomic E-state index is 12.9. The molecule has 1 aromatic heterocycles. The van der Waals surface area contributed by atoms with Crippen LogP contribution in [0.15, 0.2) is 24.3 Å². The third-order valence-electron chi connectivity index (χ3n) is 2.66. The zero-order valence-corrected chi connectivity index (χ0v) is 10.6. The van der Waals surface area contributed by atoms with Crippen LogP contribution >= 0.6 is 0 Å². The van der Waals surface area contributed by atoms with E-state index in [2.05, 4.69) is 24.0 Å². The normalized spacial score (nSPS) is 11.2. The van der Waals surface area contributed by atoms with Gasteiger partial charge < -0.3 is 10.3 Å². The molecule has 0 amide bonds. The molecule has 0 radical (unpaired) electrons. The van der Waals surface area contributed by atoms with E-state index < -0.39 is 0 Å². The van der Waals surface area contributed by atoms with Gasteiger partial charge >= 0.3 is 0 Å². The number of nitrogens with two attached hydrogens (primary N) is 1. The molecule has 5 heteroatoms. The van der Waals surface area contributed by atoms with E-state index >= 15 is 0 Å². The summed E-state index contributed by atoms with van der Waals surface area (Å²) in [6, 6.07) is 6.25. The van der Waals surface area contributed by atoms with Gasteiger partial charge in [0.25, 0.3) is 0 Å². The molecular weight excluding hydrogens is 231 g/mol. The van der Waals surface area contributed by atoms with Gasteiger partial charge in [0.2, 0.25) is 0 Å². The van der Waals surface area contributed by atoms with E-state index in [0.29, 0.717) is 12.5 Å². The van der Waals surface area contributed by atoms with E-state index in [-0.39, 0.29) is 5.82 Å². The van der Waals surface area contributed by atoms with Crippen molar-refractivity contribution in [1.82, 2.24) is 14.8 Å². The number of rotatable bonds is 4. The van der Waals surface area contributed by atoms with Gasteiger partial charge in [-0.15, -0.1) is 10.2 Å². The number of nitrogens with zero attached hydrogens (tertiary/aromatic N) is 3. The van der Waals surface area contributed by atoms with Crippen molar-refractivity contribution < 1.29 is 4.39 Å². The van der Waals surface area contributed by atoms with E-state index in [1.54, 1.807) is 12.1 Å². The van der Waals surface area contributed by atoms with Crippen LogP contribution in [-0.4, -0.2) is 14.8 Å². The van der Waals surface area contributed by atoms with Crippen LogP contribution in [0.25, 0.3) is 11.4 Å². The first-order valence-electron chi connectivity index (χ1n) is 6.00. The van der Waals surface area contributed by atoms with Gasteiger partial charge in [-0.1, -0.05) is 13.8 Å². The molecular formula is C13H17FN4. The summed E-state index contributed by atoms with van der Waals surface area (Å²) < 4.78 is 14.9. The average Bonchev–Trinajstić information content (AvgIpc) is 2.72. The van der Waals surface area contributed by atoms with Crippen LogP contribution < -0.4 is 5.73 Å². The first kappa shape index (κ1) is 12.7. The summed E-state index contributed by atoms with van der Waals surface area (Å²) in [6.45, 7) is 5.39. The second kappa shape index (κ2) is 5.27. The molecule has 18 heavy (non-hydrogen) atoms. The Hall–Kier alpha value is -1.75. The van der Waals surface area contributed by atoms with Crippen molar-refractivity contribution in [2.24, 2.45) is 11.7 Å². The molecule has 0 atom stereocenters. The monoisotopic (exact) mass is 248 g/mol. The average molecular weight is 248 g/mol. The Morgan fingerprint density at radius 2 is 1.89 bits per heavy atom. The lowest BCUT2D eigenvalue weighted by Crippen LogP contribution is -2.13. The zero-order chi connectivity index (χ0) is 13.1. The van der Waals surface area contributed by atoms with Gasteiger partial charge in [-0.3, -0.25) is 0 Å². The predicted molar refractivity (Wildman–Crippen MR) is 68.1 cm³/mol. The summed E-state index contributed by atoms with van der Waals surface area (Å²) in [4.78, 5) is 0. The summed E-state index contributed by atoms with van der Waals surface area (Å²) in [6.07, 6.45) is 0. The van der Waals surface area contributed by atoms with Gasteiger partial charge in [0.05, 0.1) is 6.54 Å². The van der Waals surface area contributed by atoms with E-state index in [1.165, 1.54) is 12.1 Å². The van der Waals surface area contributed by atoms with Gasteiger partial charge in [0.1, 0.15) is 11.6 Å². The molecule has 2 rings (SSSR count). The fraction of sp³-hybridized carbons (Fsp3) is 0.385. The molecule has 1 heterocycles. The lowest BCUT2D eigenvalue weighted by atomic mass is 10.2. The second-order valence-electron chi connectivity index (χ2n) is 4.66. The minimum atomic E-state index is -0.257. The van der Waals surface area contributed by atoms with E-state index in [1.807, 2.05) is 4.57 Å². The highest BCUT2D eigenvalue weighted by Crippen LogP contribution is 2.20. The lowest BCUT2D eigenvalue weighted by molar-refractivity contribution is 0.510. The predicted octanol–water partition coefficient (Wildman–Crippen LogP) is 2.20. The van der Waals surface area contributed by atoms with Crippen LogP contribution in [0, 0.1) is 11.7 Å². The summed E-state index contributed by atoms with van der Waals surface area (Å²) in [5, 5.41) is 8.23. The first-order valence-corrected chi connectivity index (χ1v) is 6.00. The highest BCUT2D eigenvalue weighted by molar-refractivity contribution is 5.55. The molecule has 0 saturated heterocycles. The third-order valence-corrected chi connectivity index (χ3v) is 2.66. The van der Waals surface area contributed by atoms with E-state index in [9.17, 15) is 4.39 Å². The quantitative estimate of drug-likeness (QED) is 0.902. The number of benzene rings is 1. The zero-order valence-electron chi connectivity index (χ0n) is 10.6. The smallest absolute Gasteiger partial charge is 0.164 e. The highest BCUT2D eigenvalue weighted by atomic mass is 19.1. The standard InChI is InChI=1S/C13H17FN4/c1-9(2)8-18-12(7-15)16-17-13(18)10-3-5-11(14)6-4-10/h3-6,9H,7-8,15H2,1-2H3. The Bertz CT molecular complexity index is 516. The van der Waals surface area contributed by atoms with Gasteiger partial charge in [-0.05, 0) is 30.2 Å². The van der Waals surface area contributed by atoms with Crippen molar-refractivity contribution in [2.75, 3.05) is 0 Å². The van der Waals surface area contributed by atoms with Crippen molar-refractivity contribution >= 4 is 0 Å². The minimum Gasteiger partial charge on any atom is -0.324 e. The maximum absolute atomic E-state index is 12.9. The Labute approximate surface area is 106 Å². The minimum absolute atomic E-state index is 0.257. The van der Waals surface area contributed by atoms with Gasteiger partial charge in [-0.25, -0.2) is 4.39 Å². The molecule has 0 saturated carbocycles. The number of hydrogen-bond donors (Lipinski definition) is 1. The summed E-state index contributed by atoms with van der Waals surface area (Å²) in [5.41, 5.74) is 6.51. The summed E-state index contributed by atoms with van der Waals surface area (Å²) in [5.74, 6) is 1.70. The molecule has 0 spiro atoms. The largest absolute Gasteiger partial charge is 0.324 e. The lowest BCUT2D eigenvalue weighted by Gasteiger charge is -2.11. The van der Waals surface area contributed by atoms with Crippen molar-refractivity contribution in [1.29, 1.82) is 0 Å². The number of aromatic nitrogens is 3. The van der Waals surface area contributed by atoms with Crippen molar-refractivity contribution in [3.8, 4) is 11.4 Å². The molecule has 4 nitrogen and oxygen atoms in total. The first-order chi connectivity index (χ1) is 8.61. The molecule has 0 aliphatic rings. The van der Waals surface area contributed by atoms with Gasteiger partial charge in [-0.2, -0.15) is 0 Å². The Morgan fingerprint density at radius 3 is 2.44 bits per heavy atom. The molecule has 0 aliphatic heterocycles. The maximum Gasteiger partial charge on any atom is 0.164 e.